The lowest BCUT2D eigenvalue weighted by molar-refractivity contribution is -0.134. The van der Waals surface area contributed by atoms with Crippen molar-refractivity contribution < 1.29 is 5.11 Å². The van der Waals surface area contributed by atoms with E-state index in [1.54, 1.807) is 0 Å². The summed E-state index contributed by atoms with van der Waals surface area (Å²) in [5, 5.41) is 9.90. The van der Waals surface area contributed by atoms with E-state index in [2.05, 4.69) is 6.92 Å². The molecule has 1 N–H and O–H groups in total. The number of hydrogen-bond acceptors (Lipinski definition) is 1. The Labute approximate surface area is 62.4 Å². The molecule has 0 aliphatic heterocycles. The van der Waals surface area contributed by atoms with E-state index in [4.69, 9.17) is 0 Å². The third kappa shape index (κ3) is 0.800. The first-order valence-electron chi connectivity index (χ1n) is 4.43. The summed E-state index contributed by atoms with van der Waals surface area (Å²) in [6.45, 7) is 2.23. The molecule has 1 heteroatoms. The lowest BCUT2D eigenvalue weighted by Gasteiger charge is -2.51. The van der Waals surface area contributed by atoms with Crippen LogP contribution in [0.2, 0.25) is 0 Å². The second kappa shape index (κ2) is 1.97. The Kier molecular flexibility index (Phi) is 1.31. The van der Waals surface area contributed by atoms with Crippen molar-refractivity contribution in [2.45, 2.75) is 44.6 Å². The van der Waals surface area contributed by atoms with Crippen molar-refractivity contribution in [1.82, 2.24) is 0 Å². The highest BCUT2D eigenvalue weighted by molar-refractivity contribution is 4.99. The first-order chi connectivity index (χ1) is 4.71. The van der Waals surface area contributed by atoms with Gasteiger partial charge in [-0.1, -0.05) is 13.3 Å². The fourth-order valence-corrected chi connectivity index (χ4v) is 2.43. The number of hydrogen-bond donors (Lipinski definition) is 1. The monoisotopic (exact) mass is 140 g/mol. The average Bonchev–Trinajstić information content (AvgIpc) is 1.54. The van der Waals surface area contributed by atoms with Gasteiger partial charge in [0.25, 0.3) is 0 Å². The maximum atomic E-state index is 9.90. The SMILES string of the molecule is CC1CC(O)(C2CCC2)C1. The van der Waals surface area contributed by atoms with Gasteiger partial charge in [0.2, 0.25) is 0 Å². The Hall–Kier alpha value is -0.0400. The van der Waals surface area contributed by atoms with E-state index < -0.39 is 0 Å². The maximum Gasteiger partial charge on any atom is 0.0680 e. The van der Waals surface area contributed by atoms with Crippen molar-refractivity contribution in [3.63, 3.8) is 0 Å². The van der Waals surface area contributed by atoms with Crippen LogP contribution in [-0.4, -0.2) is 10.7 Å². The van der Waals surface area contributed by atoms with Crippen LogP contribution in [0.25, 0.3) is 0 Å². The van der Waals surface area contributed by atoms with Gasteiger partial charge in [0.15, 0.2) is 0 Å². The Morgan fingerprint density at radius 3 is 2.20 bits per heavy atom. The highest BCUT2D eigenvalue weighted by Gasteiger charge is 2.47. The summed E-state index contributed by atoms with van der Waals surface area (Å²) < 4.78 is 0. The molecule has 58 valence electrons. The number of aliphatic hydroxyl groups is 1. The molecule has 1 nitrogen and oxygen atoms in total. The van der Waals surface area contributed by atoms with Crippen LogP contribution in [-0.2, 0) is 0 Å². The van der Waals surface area contributed by atoms with Crippen LogP contribution >= 0.6 is 0 Å². The second-order valence-electron chi connectivity index (χ2n) is 4.24. The summed E-state index contributed by atoms with van der Waals surface area (Å²) in [5.41, 5.74) is -0.211. The molecule has 0 bridgehead atoms. The fourth-order valence-electron chi connectivity index (χ4n) is 2.43. The zero-order valence-electron chi connectivity index (χ0n) is 6.64. The number of rotatable bonds is 1. The van der Waals surface area contributed by atoms with Crippen molar-refractivity contribution in [2.24, 2.45) is 11.8 Å². The minimum Gasteiger partial charge on any atom is -0.390 e. The topological polar surface area (TPSA) is 20.2 Å². The van der Waals surface area contributed by atoms with Gasteiger partial charge in [-0.25, -0.2) is 0 Å². The molecule has 2 aliphatic rings. The van der Waals surface area contributed by atoms with Crippen LogP contribution in [0.3, 0.4) is 0 Å². The van der Waals surface area contributed by atoms with Crippen LogP contribution in [0.5, 0.6) is 0 Å². The van der Waals surface area contributed by atoms with E-state index in [9.17, 15) is 5.11 Å². The largest absolute Gasteiger partial charge is 0.390 e. The summed E-state index contributed by atoms with van der Waals surface area (Å²) in [4.78, 5) is 0. The average molecular weight is 140 g/mol. The van der Waals surface area contributed by atoms with Crippen LogP contribution in [0, 0.1) is 11.8 Å². The van der Waals surface area contributed by atoms with Gasteiger partial charge in [0.05, 0.1) is 5.60 Å². The molecule has 0 radical (unpaired) electrons. The molecule has 0 aromatic carbocycles. The minimum absolute atomic E-state index is 0.211. The molecule has 2 rings (SSSR count). The van der Waals surface area contributed by atoms with E-state index in [1.807, 2.05) is 0 Å². The first-order valence-corrected chi connectivity index (χ1v) is 4.43. The molecule has 0 unspecified atom stereocenters. The Morgan fingerprint density at radius 2 is 1.90 bits per heavy atom. The molecule has 0 heterocycles. The predicted octanol–water partition coefficient (Wildman–Crippen LogP) is 1.95. The first kappa shape index (κ1) is 6.66. The standard InChI is InChI=1S/C9H16O/c1-7-5-9(10,6-7)8-3-2-4-8/h7-8,10H,2-6H2,1H3. The van der Waals surface area contributed by atoms with Gasteiger partial charge in [-0.15, -0.1) is 0 Å². The zero-order valence-corrected chi connectivity index (χ0v) is 6.64. The van der Waals surface area contributed by atoms with Gasteiger partial charge in [-0.2, -0.15) is 0 Å². The van der Waals surface area contributed by atoms with E-state index in [1.165, 1.54) is 19.3 Å². The van der Waals surface area contributed by atoms with Crippen LogP contribution in [0.1, 0.15) is 39.0 Å². The van der Waals surface area contributed by atoms with Gasteiger partial charge >= 0.3 is 0 Å². The third-order valence-electron chi connectivity index (χ3n) is 3.27. The Morgan fingerprint density at radius 1 is 1.30 bits per heavy atom. The van der Waals surface area contributed by atoms with Crippen molar-refractivity contribution in [3.8, 4) is 0 Å². The summed E-state index contributed by atoms with van der Waals surface area (Å²) in [5.74, 6) is 1.45. The lowest BCUT2D eigenvalue weighted by Crippen LogP contribution is -2.51. The van der Waals surface area contributed by atoms with Crippen molar-refractivity contribution in [1.29, 1.82) is 0 Å². The van der Waals surface area contributed by atoms with Gasteiger partial charge in [-0.05, 0) is 37.5 Å². The molecule has 0 aromatic rings. The molecule has 0 saturated heterocycles. The molecular weight excluding hydrogens is 124 g/mol. The van der Waals surface area contributed by atoms with Crippen LogP contribution < -0.4 is 0 Å². The van der Waals surface area contributed by atoms with E-state index in [0.29, 0.717) is 5.92 Å². The quantitative estimate of drug-likeness (QED) is 0.590. The molecule has 0 atom stereocenters. The van der Waals surface area contributed by atoms with Gasteiger partial charge in [0, 0.05) is 0 Å². The minimum atomic E-state index is -0.211. The highest BCUT2D eigenvalue weighted by Crippen LogP contribution is 2.49. The maximum absolute atomic E-state index is 9.90. The normalized spacial score (nSPS) is 48.0. The lowest BCUT2D eigenvalue weighted by atomic mass is 9.59. The summed E-state index contributed by atoms with van der Waals surface area (Å²) in [6, 6.07) is 0. The fraction of sp³-hybridized carbons (Fsp3) is 1.00. The Bertz CT molecular complexity index is 132. The summed E-state index contributed by atoms with van der Waals surface area (Å²) in [7, 11) is 0. The molecule has 0 spiro atoms. The predicted molar refractivity (Wildman–Crippen MR) is 40.7 cm³/mol. The van der Waals surface area contributed by atoms with Crippen LogP contribution in [0.4, 0.5) is 0 Å². The smallest absolute Gasteiger partial charge is 0.0680 e. The van der Waals surface area contributed by atoms with Crippen molar-refractivity contribution in [2.75, 3.05) is 0 Å². The van der Waals surface area contributed by atoms with Crippen molar-refractivity contribution in [3.05, 3.63) is 0 Å². The van der Waals surface area contributed by atoms with E-state index >= 15 is 0 Å². The van der Waals surface area contributed by atoms with Gasteiger partial charge in [0.1, 0.15) is 0 Å². The van der Waals surface area contributed by atoms with Crippen LogP contribution in [0.15, 0.2) is 0 Å². The third-order valence-corrected chi connectivity index (χ3v) is 3.27. The molecule has 2 aliphatic carbocycles. The molecule has 2 saturated carbocycles. The Balaban J connectivity index is 1.91. The molecule has 0 aromatic heterocycles. The van der Waals surface area contributed by atoms with E-state index in [-0.39, 0.29) is 5.60 Å². The van der Waals surface area contributed by atoms with Crippen molar-refractivity contribution >= 4 is 0 Å². The molecule has 0 amide bonds. The van der Waals surface area contributed by atoms with Gasteiger partial charge in [-0.3, -0.25) is 0 Å². The second-order valence-corrected chi connectivity index (χ2v) is 4.24. The zero-order chi connectivity index (χ0) is 7.19. The van der Waals surface area contributed by atoms with Gasteiger partial charge < -0.3 is 5.11 Å². The molecular formula is C9H16O. The summed E-state index contributed by atoms with van der Waals surface area (Å²) >= 11 is 0. The molecule has 10 heavy (non-hydrogen) atoms. The summed E-state index contributed by atoms with van der Waals surface area (Å²) in [6.07, 6.45) is 6.04. The highest BCUT2D eigenvalue weighted by atomic mass is 16.3. The molecule has 2 fully saturated rings. The van der Waals surface area contributed by atoms with E-state index in [0.717, 1.165) is 18.8 Å².